The van der Waals surface area contributed by atoms with Gasteiger partial charge in [0.05, 0.1) is 17.3 Å². The van der Waals surface area contributed by atoms with Crippen LogP contribution in [0.2, 0.25) is 5.02 Å². The first-order valence-corrected chi connectivity index (χ1v) is 11.1. The van der Waals surface area contributed by atoms with Gasteiger partial charge in [0.15, 0.2) is 0 Å². The van der Waals surface area contributed by atoms with Crippen molar-refractivity contribution in [3.63, 3.8) is 0 Å². The minimum absolute atomic E-state index is 0.0569. The van der Waals surface area contributed by atoms with Gasteiger partial charge in [-0.2, -0.15) is 13.2 Å². The van der Waals surface area contributed by atoms with Crippen molar-refractivity contribution >= 4 is 39.3 Å². The maximum absolute atomic E-state index is 14.0. The van der Waals surface area contributed by atoms with Crippen LogP contribution in [0.1, 0.15) is 34.7 Å². The molecular weight excluding hydrogens is 507 g/mol. The zero-order valence-corrected chi connectivity index (χ0v) is 19.0. The summed E-state index contributed by atoms with van der Waals surface area (Å²) in [6, 6.07) is 17.8. The highest BCUT2D eigenvalue weighted by Gasteiger charge is 2.43. The van der Waals surface area contributed by atoms with Crippen molar-refractivity contribution < 1.29 is 22.7 Å². The van der Waals surface area contributed by atoms with Gasteiger partial charge >= 0.3 is 12.3 Å². The second kappa shape index (κ2) is 9.16. The number of carbonyl (C=O) groups excluding carboxylic acids is 1. The minimum Gasteiger partial charge on any atom is -0.444 e. The summed E-state index contributed by atoms with van der Waals surface area (Å²) in [5, 5.41) is 0.382. The van der Waals surface area contributed by atoms with E-state index in [0.717, 1.165) is 16.5 Å². The van der Waals surface area contributed by atoms with Crippen molar-refractivity contribution in [3.8, 4) is 0 Å². The van der Waals surface area contributed by atoms with Crippen LogP contribution in [0.3, 0.4) is 0 Å². The fourth-order valence-electron chi connectivity index (χ4n) is 3.97. The van der Waals surface area contributed by atoms with Crippen molar-refractivity contribution in [2.24, 2.45) is 0 Å². The van der Waals surface area contributed by atoms with Crippen LogP contribution in [0.15, 0.2) is 71.2 Å². The summed E-state index contributed by atoms with van der Waals surface area (Å²) in [5.41, 5.74) is 0.656. The van der Waals surface area contributed by atoms with E-state index < -0.39 is 23.9 Å². The van der Waals surface area contributed by atoms with E-state index in [9.17, 15) is 18.0 Å². The lowest BCUT2D eigenvalue weighted by molar-refractivity contribution is -0.137. The number of hydrogen-bond acceptors (Lipinski definition) is 2. The molecule has 0 radical (unpaired) electrons. The van der Waals surface area contributed by atoms with Gasteiger partial charge in [-0.25, -0.2) is 4.79 Å². The van der Waals surface area contributed by atoms with Crippen LogP contribution in [-0.4, -0.2) is 6.09 Å². The zero-order chi connectivity index (χ0) is 22.9. The first kappa shape index (κ1) is 22.7. The molecule has 32 heavy (non-hydrogen) atoms. The van der Waals surface area contributed by atoms with Crippen LogP contribution >= 0.6 is 27.5 Å². The third-order valence-electron chi connectivity index (χ3n) is 5.36. The number of alkyl halides is 3. The molecule has 1 unspecified atom stereocenters. The normalized spacial score (nSPS) is 15.9. The van der Waals surface area contributed by atoms with E-state index in [1.165, 1.54) is 0 Å². The van der Waals surface area contributed by atoms with Crippen LogP contribution in [0.25, 0.3) is 0 Å². The highest BCUT2D eigenvalue weighted by molar-refractivity contribution is 9.10. The average molecular weight is 525 g/mol. The number of ether oxygens (including phenoxy) is 1. The van der Waals surface area contributed by atoms with Crippen molar-refractivity contribution in [3.05, 3.63) is 98.5 Å². The molecule has 0 saturated heterocycles. The summed E-state index contributed by atoms with van der Waals surface area (Å²) in [7, 11) is 0. The molecule has 0 bridgehead atoms. The molecule has 4 rings (SSSR count). The number of amides is 1. The molecule has 0 aromatic heterocycles. The Morgan fingerprint density at radius 2 is 1.78 bits per heavy atom. The molecule has 0 saturated carbocycles. The molecule has 166 valence electrons. The third-order valence-corrected chi connectivity index (χ3v) is 6.17. The molecule has 1 aliphatic rings. The summed E-state index contributed by atoms with van der Waals surface area (Å²) in [6.07, 6.45) is -4.75. The molecule has 0 spiro atoms. The van der Waals surface area contributed by atoms with Gasteiger partial charge < -0.3 is 4.74 Å². The molecule has 3 aromatic carbocycles. The van der Waals surface area contributed by atoms with Crippen molar-refractivity contribution in [2.75, 3.05) is 4.90 Å². The predicted octanol–water partition coefficient (Wildman–Crippen LogP) is 7.95. The maximum atomic E-state index is 14.0. The monoisotopic (exact) mass is 523 g/mol. The van der Waals surface area contributed by atoms with Crippen molar-refractivity contribution in [1.82, 2.24) is 0 Å². The summed E-state index contributed by atoms with van der Waals surface area (Å²) >= 11 is 9.54. The highest BCUT2D eigenvalue weighted by atomic mass is 79.9. The summed E-state index contributed by atoms with van der Waals surface area (Å²) in [4.78, 5) is 14.4. The number of fused-ring (bicyclic) bond motifs is 1. The molecule has 3 aromatic rings. The molecule has 0 fully saturated rings. The number of rotatable bonds is 3. The van der Waals surface area contributed by atoms with E-state index in [0.29, 0.717) is 33.5 Å². The quantitative estimate of drug-likeness (QED) is 0.348. The number of aryl methyl sites for hydroxylation is 1. The van der Waals surface area contributed by atoms with E-state index in [1.54, 1.807) is 54.6 Å². The molecule has 8 heteroatoms. The topological polar surface area (TPSA) is 29.5 Å². The first-order valence-electron chi connectivity index (χ1n) is 9.89. The van der Waals surface area contributed by atoms with E-state index in [2.05, 4.69) is 15.9 Å². The Labute approximate surface area is 196 Å². The first-order chi connectivity index (χ1) is 15.3. The molecule has 1 heterocycles. The molecular formula is C24H18BrClF3NO2. The van der Waals surface area contributed by atoms with Crippen LogP contribution in [0.5, 0.6) is 0 Å². The van der Waals surface area contributed by atoms with E-state index in [-0.39, 0.29) is 12.3 Å². The Morgan fingerprint density at radius 3 is 2.47 bits per heavy atom. The standard InChI is InChI=1S/C24H18BrClF3NO2/c25-17-12-16-10-11-21(18-8-4-5-9-20(18)26)30(22(16)19(13-17)24(27,28)29)23(31)32-14-15-6-2-1-3-7-15/h1-9,12-13,21H,10-11,14H2. The van der Waals surface area contributed by atoms with Gasteiger partial charge in [0, 0.05) is 9.50 Å². The third kappa shape index (κ3) is 4.64. The van der Waals surface area contributed by atoms with Crippen LogP contribution in [-0.2, 0) is 23.9 Å². The largest absolute Gasteiger partial charge is 0.444 e. The average Bonchev–Trinajstić information content (AvgIpc) is 2.76. The van der Waals surface area contributed by atoms with E-state index >= 15 is 0 Å². The van der Waals surface area contributed by atoms with Crippen LogP contribution < -0.4 is 4.90 Å². The summed E-state index contributed by atoms with van der Waals surface area (Å²) in [6.45, 7) is -0.0569. The molecule has 0 aliphatic carbocycles. The van der Waals surface area contributed by atoms with E-state index in [4.69, 9.17) is 16.3 Å². The number of halogens is 5. The number of anilines is 1. The second-order valence-corrected chi connectivity index (χ2v) is 8.77. The molecule has 1 atom stereocenters. The van der Waals surface area contributed by atoms with Gasteiger partial charge in [0.25, 0.3) is 0 Å². The predicted molar refractivity (Wildman–Crippen MR) is 121 cm³/mol. The van der Waals surface area contributed by atoms with Gasteiger partial charge in [-0.05, 0) is 47.7 Å². The Morgan fingerprint density at radius 1 is 1.09 bits per heavy atom. The van der Waals surface area contributed by atoms with Crippen LogP contribution in [0, 0.1) is 0 Å². The maximum Gasteiger partial charge on any atom is 0.418 e. The van der Waals surface area contributed by atoms with Gasteiger partial charge in [-0.1, -0.05) is 76.1 Å². The minimum atomic E-state index is -4.66. The molecule has 1 aliphatic heterocycles. The molecule has 3 nitrogen and oxygen atoms in total. The zero-order valence-electron chi connectivity index (χ0n) is 16.7. The van der Waals surface area contributed by atoms with Crippen LogP contribution in [0.4, 0.5) is 23.7 Å². The van der Waals surface area contributed by atoms with Gasteiger partial charge in [0.2, 0.25) is 0 Å². The highest BCUT2D eigenvalue weighted by Crippen LogP contribution is 2.48. The van der Waals surface area contributed by atoms with Gasteiger partial charge in [-0.3, -0.25) is 4.90 Å². The fourth-order valence-corrected chi connectivity index (χ4v) is 4.74. The molecule has 1 amide bonds. The number of benzene rings is 3. The van der Waals surface area contributed by atoms with Gasteiger partial charge in [0.1, 0.15) is 6.61 Å². The Balaban J connectivity index is 1.81. The number of carbonyl (C=O) groups is 1. The number of hydrogen-bond donors (Lipinski definition) is 0. The van der Waals surface area contributed by atoms with Gasteiger partial charge in [-0.15, -0.1) is 0 Å². The second-order valence-electron chi connectivity index (χ2n) is 7.45. The summed E-state index contributed by atoms with van der Waals surface area (Å²) < 4.78 is 47.9. The smallest absolute Gasteiger partial charge is 0.418 e. The lowest BCUT2D eigenvalue weighted by Gasteiger charge is -2.38. The molecule has 0 N–H and O–H groups in total. The lowest BCUT2D eigenvalue weighted by atomic mass is 9.89. The Kier molecular flexibility index (Phi) is 6.49. The Bertz CT molecular complexity index is 1140. The fraction of sp³-hybridized carbons (Fsp3) is 0.208. The SMILES string of the molecule is O=C(OCc1ccccc1)N1c2c(cc(Br)cc2C(F)(F)F)CCC1c1ccccc1Cl. The summed E-state index contributed by atoms with van der Waals surface area (Å²) in [5.74, 6) is 0. The number of nitrogens with zero attached hydrogens (tertiary/aromatic N) is 1. The Hall–Kier alpha value is -2.51. The van der Waals surface area contributed by atoms with Crippen molar-refractivity contribution in [2.45, 2.75) is 31.7 Å². The van der Waals surface area contributed by atoms with Crippen molar-refractivity contribution in [1.29, 1.82) is 0 Å². The lowest BCUT2D eigenvalue weighted by Crippen LogP contribution is -2.40. The van der Waals surface area contributed by atoms with E-state index in [1.807, 2.05) is 6.07 Å².